The lowest BCUT2D eigenvalue weighted by Gasteiger charge is -2.32. The van der Waals surface area contributed by atoms with Crippen LogP contribution in [0.5, 0.6) is 0 Å². The highest BCUT2D eigenvalue weighted by atomic mass is 32.2. The summed E-state index contributed by atoms with van der Waals surface area (Å²) in [7, 11) is -3.15. The fourth-order valence-corrected chi connectivity index (χ4v) is 5.65. The first-order valence-electron chi connectivity index (χ1n) is 7.49. The van der Waals surface area contributed by atoms with Gasteiger partial charge in [-0.15, -0.1) is 11.3 Å². The topological polar surface area (TPSA) is 87.6 Å². The number of carboxylic acid groups (broad SMARTS) is 1. The molecular formula is C14H20N2O4S2. The van der Waals surface area contributed by atoms with Crippen LogP contribution in [-0.4, -0.2) is 46.6 Å². The van der Waals surface area contributed by atoms with E-state index in [4.69, 9.17) is 5.11 Å². The molecule has 1 N–H and O–H groups in total. The first kappa shape index (κ1) is 15.9. The van der Waals surface area contributed by atoms with E-state index in [9.17, 15) is 13.2 Å². The van der Waals surface area contributed by atoms with Gasteiger partial charge in [-0.05, 0) is 38.5 Å². The van der Waals surface area contributed by atoms with Crippen molar-refractivity contribution in [3.8, 4) is 0 Å². The van der Waals surface area contributed by atoms with E-state index in [1.807, 2.05) is 6.92 Å². The van der Waals surface area contributed by atoms with E-state index in [-0.39, 0.29) is 4.88 Å². The van der Waals surface area contributed by atoms with Crippen molar-refractivity contribution in [3.05, 3.63) is 16.1 Å². The van der Waals surface area contributed by atoms with Crippen LogP contribution in [0.1, 0.15) is 47.3 Å². The second-order valence-electron chi connectivity index (χ2n) is 6.42. The van der Waals surface area contributed by atoms with E-state index in [1.54, 1.807) is 4.31 Å². The van der Waals surface area contributed by atoms with Crippen LogP contribution in [0, 0.1) is 5.92 Å². The molecule has 0 unspecified atom stereocenters. The van der Waals surface area contributed by atoms with Gasteiger partial charge in [0, 0.05) is 19.5 Å². The normalized spacial score (nSPS) is 22.6. The molecule has 122 valence electrons. The molecule has 0 atom stereocenters. The Morgan fingerprint density at radius 3 is 2.59 bits per heavy atom. The molecule has 0 amide bonds. The molecule has 1 aliphatic heterocycles. The van der Waals surface area contributed by atoms with Gasteiger partial charge in [-0.3, -0.25) is 0 Å². The molecule has 1 aliphatic carbocycles. The van der Waals surface area contributed by atoms with Gasteiger partial charge in [0.25, 0.3) is 0 Å². The molecule has 0 radical (unpaired) electrons. The third-order valence-electron chi connectivity index (χ3n) is 4.72. The summed E-state index contributed by atoms with van der Waals surface area (Å²) < 4.78 is 26.0. The third-order valence-corrected chi connectivity index (χ3v) is 8.42. The van der Waals surface area contributed by atoms with Crippen LogP contribution in [0.2, 0.25) is 0 Å². The predicted molar refractivity (Wildman–Crippen MR) is 83.6 cm³/mol. The van der Waals surface area contributed by atoms with E-state index in [0.29, 0.717) is 19.0 Å². The predicted octanol–water partition coefficient (Wildman–Crippen LogP) is 1.98. The SMILES string of the molecule is CC1(S(=O)(=O)N2CCC(Cc3ncc(C(=O)O)s3)CC2)CC1. The number of thiazole rings is 1. The van der Waals surface area contributed by atoms with Gasteiger partial charge in [-0.1, -0.05) is 0 Å². The Labute approximate surface area is 134 Å². The minimum atomic E-state index is -3.15. The van der Waals surface area contributed by atoms with Gasteiger partial charge < -0.3 is 5.11 Å². The zero-order valence-electron chi connectivity index (χ0n) is 12.5. The second-order valence-corrected chi connectivity index (χ2v) is 9.99. The number of hydrogen-bond donors (Lipinski definition) is 1. The number of aromatic nitrogens is 1. The monoisotopic (exact) mass is 344 g/mol. The number of hydrogen-bond acceptors (Lipinski definition) is 5. The zero-order chi connectivity index (χ0) is 16.0. The molecule has 2 aliphatic rings. The van der Waals surface area contributed by atoms with E-state index < -0.39 is 20.7 Å². The van der Waals surface area contributed by atoms with Gasteiger partial charge in [0.1, 0.15) is 4.88 Å². The summed E-state index contributed by atoms with van der Waals surface area (Å²) >= 11 is 1.21. The maximum Gasteiger partial charge on any atom is 0.347 e. The van der Waals surface area contributed by atoms with Crippen LogP contribution < -0.4 is 0 Å². The number of aromatic carboxylic acids is 1. The average Bonchev–Trinajstić information content (AvgIpc) is 3.06. The maximum absolute atomic E-state index is 12.5. The van der Waals surface area contributed by atoms with Gasteiger partial charge in [0.15, 0.2) is 0 Å². The summed E-state index contributed by atoms with van der Waals surface area (Å²) in [5.74, 6) is -0.561. The van der Waals surface area contributed by atoms with E-state index in [1.165, 1.54) is 17.5 Å². The second kappa shape index (κ2) is 5.58. The van der Waals surface area contributed by atoms with Crippen molar-refractivity contribution in [1.82, 2.24) is 9.29 Å². The van der Waals surface area contributed by atoms with Crippen molar-refractivity contribution in [2.24, 2.45) is 5.92 Å². The Kier molecular flexibility index (Phi) is 4.03. The molecule has 1 aromatic heterocycles. The molecule has 0 aromatic carbocycles. The lowest BCUT2D eigenvalue weighted by atomic mass is 9.95. The van der Waals surface area contributed by atoms with Crippen LogP contribution in [0.15, 0.2) is 6.20 Å². The van der Waals surface area contributed by atoms with Crippen molar-refractivity contribution < 1.29 is 18.3 Å². The summed E-state index contributed by atoms with van der Waals surface area (Å²) in [6, 6.07) is 0. The maximum atomic E-state index is 12.5. The van der Waals surface area contributed by atoms with Gasteiger partial charge in [0.2, 0.25) is 10.0 Å². The number of rotatable bonds is 5. The van der Waals surface area contributed by atoms with Crippen molar-refractivity contribution in [2.75, 3.05) is 13.1 Å². The molecule has 22 heavy (non-hydrogen) atoms. The summed E-state index contributed by atoms with van der Waals surface area (Å²) in [6.45, 7) is 2.97. The Morgan fingerprint density at radius 1 is 1.45 bits per heavy atom. The van der Waals surface area contributed by atoms with Gasteiger partial charge in [0.05, 0.1) is 16.0 Å². The molecule has 0 spiro atoms. The third kappa shape index (κ3) is 2.91. The molecule has 6 nitrogen and oxygen atoms in total. The summed E-state index contributed by atoms with van der Waals surface area (Å²) in [5, 5.41) is 9.73. The lowest BCUT2D eigenvalue weighted by molar-refractivity contribution is 0.0702. The number of carbonyl (C=O) groups is 1. The average molecular weight is 344 g/mol. The minimum absolute atomic E-state index is 0.261. The Hall–Kier alpha value is -0.990. The standard InChI is InChI=1S/C14H20N2O4S2/c1-14(4-5-14)22(19,20)16-6-2-10(3-7-16)8-12-15-9-11(21-12)13(17)18/h9-10H,2-8H2,1H3,(H,17,18). The van der Waals surface area contributed by atoms with Gasteiger partial charge in [-0.25, -0.2) is 22.5 Å². The van der Waals surface area contributed by atoms with Crippen LogP contribution in [-0.2, 0) is 16.4 Å². The number of nitrogens with zero attached hydrogens (tertiary/aromatic N) is 2. The van der Waals surface area contributed by atoms with Crippen molar-refractivity contribution in [3.63, 3.8) is 0 Å². The fraction of sp³-hybridized carbons (Fsp3) is 0.714. The smallest absolute Gasteiger partial charge is 0.347 e. The fourth-order valence-electron chi connectivity index (χ4n) is 2.85. The molecule has 2 fully saturated rings. The first-order chi connectivity index (χ1) is 10.3. The Bertz CT molecular complexity index is 671. The first-order valence-corrected chi connectivity index (χ1v) is 9.75. The molecule has 8 heteroatoms. The van der Waals surface area contributed by atoms with Crippen LogP contribution >= 0.6 is 11.3 Å². The van der Waals surface area contributed by atoms with E-state index in [2.05, 4.69) is 4.98 Å². The number of sulfonamides is 1. The summed E-state index contributed by atoms with van der Waals surface area (Å²) in [6.07, 6.45) is 5.31. The molecule has 1 saturated carbocycles. The van der Waals surface area contributed by atoms with Crippen molar-refractivity contribution in [2.45, 2.75) is 43.8 Å². The number of carboxylic acids is 1. The molecule has 1 saturated heterocycles. The quantitative estimate of drug-likeness (QED) is 0.882. The van der Waals surface area contributed by atoms with E-state index >= 15 is 0 Å². The van der Waals surface area contributed by atoms with Gasteiger partial charge in [-0.2, -0.15) is 0 Å². The lowest BCUT2D eigenvalue weighted by Crippen LogP contribution is -2.43. The van der Waals surface area contributed by atoms with Crippen LogP contribution in [0.25, 0.3) is 0 Å². The Balaban J connectivity index is 1.56. The van der Waals surface area contributed by atoms with Crippen molar-refractivity contribution >= 4 is 27.3 Å². The molecule has 1 aromatic rings. The van der Waals surface area contributed by atoms with Gasteiger partial charge >= 0.3 is 5.97 Å². The highest BCUT2D eigenvalue weighted by molar-refractivity contribution is 7.90. The zero-order valence-corrected chi connectivity index (χ0v) is 14.1. The summed E-state index contributed by atoms with van der Waals surface area (Å²) in [4.78, 5) is 15.3. The molecule has 0 bridgehead atoms. The van der Waals surface area contributed by atoms with Crippen molar-refractivity contribution in [1.29, 1.82) is 0 Å². The molecule has 3 rings (SSSR count). The summed E-state index contributed by atoms with van der Waals surface area (Å²) in [5.41, 5.74) is 0. The highest BCUT2D eigenvalue weighted by Crippen LogP contribution is 2.45. The Morgan fingerprint density at radius 2 is 2.09 bits per heavy atom. The van der Waals surface area contributed by atoms with Crippen LogP contribution in [0.3, 0.4) is 0 Å². The highest BCUT2D eigenvalue weighted by Gasteiger charge is 2.52. The largest absolute Gasteiger partial charge is 0.477 e. The molecule has 2 heterocycles. The van der Waals surface area contributed by atoms with E-state index in [0.717, 1.165) is 37.1 Å². The number of piperidine rings is 1. The molecular weight excluding hydrogens is 324 g/mol. The van der Waals surface area contributed by atoms with Crippen LogP contribution in [0.4, 0.5) is 0 Å². The minimum Gasteiger partial charge on any atom is -0.477 e.